The molecular formula is C7H10BO5PS2. The van der Waals surface area contributed by atoms with E-state index in [1.54, 1.807) is 0 Å². The van der Waals surface area contributed by atoms with Crippen molar-refractivity contribution in [3.05, 3.63) is 0 Å². The minimum Gasteiger partial charge on any atom is -0.448 e. The van der Waals surface area contributed by atoms with Crippen molar-refractivity contribution < 1.29 is 23.6 Å². The summed E-state index contributed by atoms with van der Waals surface area (Å²) in [6.07, 6.45) is -1.21. The molecule has 16 heavy (non-hydrogen) atoms. The van der Waals surface area contributed by atoms with Gasteiger partial charge >= 0.3 is 5.24 Å². The molecule has 9 heteroatoms. The highest BCUT2D eigenvalue weighted by atomic mass is 32.5. The molecule has 0 aromatic heterocycles. The quantitative estimate of drug-likeness (QED) is 0.440. The zero-order valence-corrected chi connectivity index (χ0v) is 11.0. The standard InChI is InChI=1S/C7H10BO5PS2/c1-14(9,16)10-2-3-4-5(6(8)11-3)13-7(15)12-4/h3-6H,2H2,1H3,(H,9,16). The van der Waals surface area contributed by atoms with Crippen molar-refractivity contribution in [3.63, 3.8) is 0 Å². The molecule has 0 aromatic carbocycles. The van der Waals surface area contributed by atoms with E-state index < -0.39 is 24.7 Å². The SMILES string of the molecule is [B]C1OC(COP(C)(O)=S)C2OC(=S)OC12. The smallest absolute Gasteiger partial charge is 0.353 e. The van der Waals surface area contributed by atoms with Gasteiger partial charge in [-0.15, -0.1) is 0 Å². The molecule has 2 saturated heterocycles. The molecule has 5 nitrogen and oxygen atoms in total. The Bertz CT molecular complexity index is 348. The van der Waals surface area contributed by atoms with Gasteiger partial charge in [0.15, 0.2) is 18.7 Å². The molecule has 5 atom stereocenters. The second-order valence-corrected chi connectivity index (χ2v) is 7.88. The van der Waals surface area contributed by atoms with Crippen molar-refractivity contribution in [1.29, 1.82) is 0 Å². The summed E-state index contributed by atoms with van der Waals surface area (Å²) in [5.74, 6) is 0. The number of hydrogen-bond donors (Lipinski definition) is 1. The number of fused-ring (bicyclic) bond motifs is 1. The molecule has 0 bridgehead atoms. The normalized spacial score (nSPS) is 41.0. The first kappa shape index (κ1) is 12.7. The molecule has 88 valence electrons. The van der Waals surface area contributed by atoms with Gasteiger partial charge in [-0.1, -0.05) is 0 Å². The van der Waals surface area contributed by atoms with Crippen molar-refractivity contribution in [1.82, 2.24) is 0 Å². The second kappa shape index (κ2) is 4.51. The fourth-order valence-corrected chi connectivity index (χ4v) is 2.46. The van der Waals surface area contributed by atoms with Crippen molar-refractivity contribution >= 4 is 43.6 Å². The third-order valence-electron chi connectivity index (χ3n) is 2.29. The molecule has 0 saturated carbocycles. The summed E-state index contributed by atoms with van der Waals surface area (Å²) in [4.78, 5) is 9.36. The van der Waals surface area contributed by atoms with Gasteiger partial charge in [-0.2, -0.15) is 0 Å². The minimum atomic E-state index is -2.71. The van der Waals surface area contributed by atoms with E-state index in [0.29, 0.717) is 0 Å². The average molecular weight is 280 g/mol. The molecule has 2 rings (SSSR count). The molecule has 5 unspecified atom stereocenters. The van der Waals surface area contributed by atoms with Crippen molar-refractivity contribution in [3.8, 4) is 0 Å². The molecule has 1 N–H and O–H groups in total. The fourth-order valence-electron chi connectivity index (χ4n) is 1.63. The molecule has 0 aromatic rings. The lowest BCUT2D eigenvalue weighted by atomic mass is 9.93. The number of hydrogen-bond acceptors (Lipinski definition) is 6. The van der Waals surface area contributed by atoms with E-state index >= 15 is 0 Å². The van der Waals surface area contributed by atoms with E-state index in [1.807, 2.05) is 0 Å². The van der Waals surface area contributed by atoms with Crippen LogP contribution in [0.4, 0.5) is 0 Å². The summed E-state index contributed by atoms with van der Waals surface area (Å²) in [6.45, 7) is -1.13. The summed E-state index contributed by atoms with van der Waals surface area (Å²) >= 11 is 9.53. The average Bonchev–Trinajstić information content (AvgIpc) is 2.62. The predicted octanol–water partition coefficient (Wildman–Crippen LogP) is -0.103. The first-order valence-corrected chi connectivity index (χ1v) is 8.13. The molecule has 2 radical (unpaired) electrons. The minimum absolute atomic E-state index is 0.0682. The highest BCUT2D eigenvalue weighted by Gasteiger charge is 2.50. The zero-order valence-electron chi connectivity index (χ0n) is 8.44. The van der Waals surface area contributed by atoms with E-state index in [0.717, 1.165) is 0 Å². The van der Waals surface area contributed by atoms with Gasteiger partial charge < -0.3 is 23.6 Å². The monoisotopic (exact) mass is 280 g/mol. The summed E-state index contributed by atoms with van der Waals surface area (Å²) in [7, 11) is 5.69. The number of rotatable bonds is 3. The fraction of sp³-hybridized carbons (Fsp3) is 0.857. The Hall–Kier alpha value is 0.285. The lowest BCUT2D eigenvalue weighted by Gasteiger charge is -2.18. The topological polar surface area (TPSA) is 57.2 Å². The van der Waals surface area contributed by atoms with Crippen LogP contribution in [0.25, 0.3) is 0 Å². The zero-order chi connectivity index (χ0) is 11.9. The Balaban J connectivity index is 1.96. The Morgan fingerprint density at radius 3 is 2.75 bits per heavy atom. The van der Waals surface area contributed by atoms with Crippen LogP contribution >= 0.6 is 18.7 Å². The van der Waals surface area contributed by atoms with Gasteiger partial charge in [-0.25, -0.2) is 0 Å². The van der Waals surface area contributed by atoms with Gasteiger partial charge in [0.2, 0.25) is 0 Å². The van der Waals surface area contributed by atoms with Crippen LogP contribution in [-0.2, 0) is 30.5 Å². The summed E-state index contributed by atoms with van der Waals surface area (Å²) in [6, 6.07) is -0.604. The van der Waals surface area contributed by atoms with Crippen LogP contribution in [0.1, 0.15) is 0 Å². The van der Waals surface area contributed by atoms with Crippen LogP contribution in [0.15, 0.2) is 0 Å². The van der Waals surface area contributed by atoms with Crippen LogP contribution in [0.3, 0.4) is 0 Å². The molecule has 2 fully saturated rings. The summed E-state index contributed by atoms with van der Waals surface area (Å²) in [5, 5.41) is 0.0682. The van der Waals surface area contributed by atoms with Gasteiger partial charge in [0, 0.05) is 18.9 Å². The summed E-state index contributed by atoms with van der Waals surface area (Å²) in [5.41, 5.74) is 0. The Labute approximate surface area is 105 Å². The van der Waals surface area contributed by atoms with Crippen LogP contribution in [0, 0.1) is 0 Å². The lowest BCUT2D eigenvalue weighted by molar-refractivity contribution is 0.00308. The van der Waals surface area contributed by atoms with Gasteiger partial charge in [-0.05, 0) is 11.8 Å². The molecule has 0 spiro atoms. The van der Waals surface area contributed by atoms with Crippen LogP contribution in [-0.4, -0.2) is 55.6 Å². The van der Waals surface area contributed by atoms with Crippen molar-refractivity contribution in [2.45, 2.75) is 24.3 Å². The maximum absolute atomic E-state index is 9.36. The third-order valence-corrected chi connectivity index (χ3v) is 3.43. The molecule has 2 heterocycles. The first-order valence-electron chi connectivity index (χ1n) is 4.60. The third kappa shape index (κ3) is 2.75. The van der Waals surface area contributed by atoms with Crippen LogP contribution in [0.5, 0.6) is 0 Å². The van der Waals surface area contributed by atoms with Gasteiger partial charge in [0.05, 0.1) is 12.6 Å². The van der Waals surface area contributed by atoms with Gasteiger partial charge in [-0.3, -0.25) is 0 Å². The molecule has 0 aliphatic carbocycles. The maximum atomic E-state index is 9.36. The largest absolute Gasteiger partial charge is 0.448 e. The number of ether oxygens (including phenoxy) is 3. The maximum Gasteiger partial charge on any atom is 0.353 e. The Morgan fingerprint density at radius 1 is 1.50 bits per heavy atom. The lowest BCUT2D eigenvalue weighted by Crippen LogP contribution is -2.31. The summed E-state index contributed by atoms with van der Waals surface area (Å²) < 4.78 is 20.9. The van der Waals surface area contributed by atoms with Gasteiger partial charge in [0.1, 0.15) is 14.0 Å². The molecular weight excluding hydrogens is 270 g/mol. The van der Waals surface area contributed by atoms with Gasteiger partial charge in [0.25, 0.3) is 0 Å². The number of thiocarbonyl (C=S) groups is 1. The first-order chi connectivity index (χ1) is 7.37. The second-order valence-electron chi connectivity index (χ2n) is 3.65. The van der Waals surface area contributed by atoms with E-state index in [2.05, 4.69) is 0 Å². The molecule has 2 aliphatic rings. The van der Waals surface area contributed by atoms with Crippen molar-refractivity contribution in [2.24, 2.45) is 0 Å². The molecule has 2 aliphatic heterocycles. The highest BCUT2D eigenvalue weighted by Crippen LogP contribution is 2.39. The van der Waals surface area contributed by atoms with Crippen LogP contribution in [0.2, 0.25) is 0 Å². The Kier molecular flexibility index (Phi) is 3.59. The van der Waals surface area contributed by atoms with Crippen LogP contribution < -0.4 is 0 Å². The van der Waals surface area contributed by atoms with E-state index in [-0.39, 0.29) is 17.9 Å². The molecule has 0 amide bonds. The Morgan fingerprint density at radius 2 is 2.12 bits per heavy atom. The van der Waals surface area contributed by atoms with E-state index in [1.165, 1.54) is 6.66 Å². The van der Waals surface area contributed by atoms with Crippen molar-refractivity contribution in [2.75, 3.05) is 13.3 Å². The van der Waals surface area contributed by atoms with E-state index in [9.17, 15) is 4.89 Å². The highest BCUT2D eigenvalue weighted by molar-refractivity contribution is 8.09. The van der Waals surface area contributed by atoms with E-state index in [4.69, 9.17) is 50.6 Å². The predicted molar refractivity (Wildman–Crippen MR) is 65.1 cm³/mol.